The van der Waals surface area contributed by atoms with Gasteiger partial charge in [0.1, 0.15) is 11.9 Å². The number of thiocarbonyl (C=S) groups is 1. The van der Waals surface area contributed by atoms with Crippen molar-refractivity contribution in [2.45, 2.75) is 25.4 Å². The van der Waals surface area contributed by atoms with Crippen molar-refractivity contribution < 1.29 is 0 Å². The van der Waals surface area contributed by atoms with Gasteiger partial charge in [0.2, 0.25) is 0 Å². The number of nitrogens with zero attached hydrogens (tertiary/aromatic N) is 4. The number of benzene rings is 1. The van der Waals surface area contributed by atoms with Crippen LogP contribution in [0.2, 0.25) is 5.02 Å². The third kappa shape index (κ3) is 3.76. The molecule has 1 saturated heterocycles. The molecule has 7 heteroatoms. The number of nitrogens with one attached hydrogen (secondary N) is 1. The molecule has 0 saturated carbocycles. The van der Waals surface area contributed by atoms with Crippen molar-refractivity contribution in [1.29, 1.82) is 0 Å². The topological polar surface area (TPSA) is 46.0 Å². The summed E-state index contributed by atoms with van der Waals surface area (Å²) in [5, 5.41) is 4.79. The van der Waals surface area contributed by atoms with Gasteiger partial charge in [-0.25, -0.2) is 4.98 Å². The molecule has 1 N–H and O–H groups in total. The molecule has 3 aromatic heterocycles. The molecule has 5 rings (SSSR count). The van der Waals surface area contributed by atoms with Gasteiger partial charge in [0.25, 0.3) is 0 Å². The molecule has 2 atom stereocenters. The van der Waals surface area contributed by atoms with Gasteiger partial charge in [-0.2, -0.15) is 0 Å². The zero-order valence-electron chi connectivity index (χ0n) is 17.5. The van der Waals surface area contributed by atoms with Gasteiger partial charge in [-0.1, -0.05) is 36.7 Å². The second-order valence-corrected chi connectivity index (χ2v) is 8.48. The first-order chi connectivity index (χ1) is 15.7. The highest BCUT2D eigenvalue weighted by atomic mass is 35.5. The summed E-state index contributed by atoms with van der Waals surface area (Å²) in [5.41, 5.74) is 4.32. The summed E-state index contributed by atoms with van der Waals surface area (Å²) < 4.78 is 2.08. The van der Waals surface area contributed by atoms with Crippen LogP contribution in [0.5, 0.6) is 0 Å². The summed E-state index contributed by atoms with van der Waals surface area (Å²) in [5.74, 6) is 0.799. The highest BCUT2D eigenvalue weighted by Gasteiger charge is 2.42. The summed E-state index contributed by atoms with van der Waals surface area (Å²) >= 11 is 11.9. The smallest absolute Gasteiger partial charge is 0.174 e. The highest BCUT2D eigenvalue weighted by Crippen LogP contribution is 2.42. The molecule has 32 heavy (non-hydrogen) atoms. The van der Waals surface area contributed by atoms with Gasteiger partial charge in [-0.3, -0.25) is 4.98 Å². The lowest BCUT2D eigenvalue weighted by atomic mass is 10.0. The Balaban J connectivity index is 1.64. The van der Waals surface area contributed by atoms with E-state index in [4.69, 9.17) is 23.8 Å². The van der Waals surface area contributed by atoms with E-state index in [2.05, 4.69) is 62.0 Å². The summed E-state index contributed by atoms with van der Waals surface area (Å²) in [6, 6.07) is 22.2. The lowest BCUT2D eigenvalue weighted by Crippen LogP contribution is -2.30. The first kappa shape index (κ1) is 20.7. The predicted octanol–water partition coefficient (Wildman–Crippen LogP) is 5.66. The molecule has 0 aliphatic carbocycles. The van der Waals surface area contributed by atoms with Gasteiger partial charge in [0.15, 0.2) is 5.11 Å². The van der Waals surface area contributed by atoms with E-state index in [0.29, 0.717) is 10.1 Å². The number of anilines is 1. The molecular formula is C25H22ClN5S. The number of rotatable bonds is 5. The molecule has 160 valence electrons. The number of halogens is 1. The van der Waals surface area contributed by atoms with Crippen LogP contribution in [-0.4, -0.2) is 19.6 Å². The minimum absolute atomic E-state index is 0.114. The fraction of sp³-hybridized carbons (Fsp3) is 0.160. The van der Waals surface area contributed by atoms with Gasteiger partial charge in [-0.15, -0.1) is 0 Å². The second kappa shape index (κ2) is 8.73. The maximum absolute atomic E-state index is 6.07. The van der Waals surface area contributed by atoms with Crippen LogP contribution >= 0.6 is 23.8 Å². The zero-order valence-corrected chi connectivity index (χ0v) is 19.1. The van der Waals surface area contributed by atoms with E-state index < -0.39 is 0 Å². The van der Waals surface area contributed by atoms with Crippen LogP contribution in [0.4, 0.5) is 5.69 Å². The number of pyridine rings is 2. The lowest BCUT2D eigenvalue weighted by molar-refractivity contribution is 0.548. The van der Waals surface area contributed by atoms with Crippen molar-refractivity contribution >= 4 is 34.6 Å². The number of aryl methyl sites for hydroxylation is 1. The monoisotopic (exact) mass is 459 g/mol. The SMILES string of the molecule is CCc1ccc(N2C(=S)N[C@@H](c3ccccn3)[C@H]2c2cccn2-c2ccc(Cl)cn2)cc1. The molecule has 0 spiro atoms. The Morgan fingerprint density at radius 1 is 1.00 bits per heavy atom. The maximum atomic E-state index is 6.07. The first-order valence-electron chi connectivity index (χ1n) is 10.5. The molecular weight excluding hydrogens is 438 g/mol. The van der Waals surface area contributed by atoms with E-state index in [1.165, 1.54) is 5.56 Å². The molecule has 0 unspecified atom stereocenters. The molecule has 0 amide bonds. The zero-order chi connectivity index (χ0) is 22.1. The third-order valence-electron chi connectivity index (χ3n) is 5.76. The molecule has 5 nitrogen and oxygen atoms in total. The highest BCUT2D eigenvalue weighted by molar-refractivity contribution is 7.80. The lowest BCUT2D eigenvalue weighted by Gasteiger charge is -2.29. The van der Waals surface area contributed by atoms with Gasteiger partial charge < -0.3 is 14.8 Å². The Morgan fingerprint density at radius 3 is 2.53 bits per heavy atom. The van der Waals surface area contributed by atoms with E-state index in [1.807, 2.05) is 48.8 Å². The van der Waals surface area contributed by atoms with Crippen molar-refractivity contribution in [2.24, 2.45) is 0 Å². The van der Waals surface area contributed by atoms with E-state index >= 15 is 0 Å². The molecule has 4 heterocycles. The van der Waals surface area contributed by atoms with Gasteiger partial charge in [0.05, 0.1) is 16.8 Å². The van der Waals surface area contributed by atoms with Crippen LogP contribution < -0.4 is 10.2 Å². The van der Waals surface area contributed by atoms with Crippen molar-refractivity contribution in [3.8, 4) is 5.82 Å². The molecule has 0 bridgehead atoms. The molecule has 4 aromatic rings. The average Bonchev–Trinajstić information content (AvgIpc) is 3.44. The first-order valence-corrected chi connectivity index (χ1v) is 11.3. The standard InChI is InChI=1S/C25H22ClN5S/c1-2-17-8-11-19(12-9-17)31-24(23(29-25(31)32)20-6-3-4-14-27-20)21-7-5-15-30(21)22-13-10-18(26)16-28-22/h3-16,23-24H,2H2,1H3,(H,29,32)/t23-,24+/m0/s1. The summed E-state index contributed by atoms with van der Waals surface area (Å²) in [4.78, 5) is 11.3. The number of hydrogen-bond donors (Lipinski definition) is 1. The molecule has 1 aromatic carbocycles. The summed E-state index contributed by atoms with van der Waals surface area (Å²) in [7, 11) is 0. The second-order valence-electron chi connectivity index (χ2n) is 7.65. The number of hydrogen-bond acceptors (Lipinski definition) is 3. The van der Waals surface area contributed by atoms with Crippen molar-refractivity contribution in [1.82, 2.24) is 19.9 Å². The van der Waals surface area contributed by atoms with Crippen LogP contribution in [0, 0.1) is 0 Å². The Kier molecular flexibility index (Phi) is 5.64. The quantitative estimate of drug-likeness (QED) is 0.390. The Bertz CT molecular complexity index is 1220. The Hall–Kier alpha value is -3.22. The van der Waals surface area contributed by atoms with Crippen molar-refractivity contribution in [3.63, 3.8) is 0 Å². The predicted molar refractivity (Wildman–Crippen MR) is 132 cm³/mol. The molecule has 0 radical (unpaired) electrons. The van der Waals surface area contributed by atoms with Crippen LogP contribution in [0.25, 0.3) is 5.82 Å². The maximum Gasteiger partial charge on any atom is 0.174 e. The van der Waals surface area contributed by atoms with Gasteiger partial charge in [-0.05, 0) is 72.7 Å². The van der Waals surface area contributed by atoms with Crippen LogP contribution in [0.1, 0.15) is 36.0 Å². The van der Waals surface area contributed by atoms with Crippen LogP contribution in [0.15, 0.2) is 85.3 Å². The largest absolute Gasteiger partial charge is 0.351 e. The van der Waals surface area contributed by atoms with Crippen LogP contribution in [0.3, 0.4) is 0 Å². The minimum atomic E-state index is -0.115. The van der Waals surface area contributed by atoms with Gasteiger partial charge >= 0.3 is 0 Å². The molecule has 1 aliphatic rings. The Labute approximate surface area is 197 Å². The van der Waals surface area contributed by atoms with E-state index in [-0.39, 0.29) is 12.1 Å². The molecule has 1 fully saturated rings. The summed E-state index contributed by atoms with van der Waals surface area (Å²) in [6.45, 7) is 2.16. The third-order valence-corrected chi connectivity index (χ3v) is 6.30. The number of aromatic nitrogens is 3. The van der Waals surface area contributed by atoms with Crippen LogP contribution in [-0.2, 0) is 6.42 Å². The normalized spacial score (nSPS) is 18.1. The Morgan fingerprint density at radius 2 is 1.84 bits per heavy atom. The van der Waals surface area contributed by atoms with E-state index in [0.717, 1.165) is 29.3 Å². The fourth-order valence-electron chi connectivity index (χ4n) is 4.18. The minimum Gasteiger partial charge on any atom is -0.351 e. The summed E-state index contributed by atoms with van der Waals surface area (Å²) in [6.07, 6.45) is 6.49. The van der Waals surface area contributed by atoms with E-state index in [9.17, 15) is 0 Å². The van der Waals surface area contributed by atoms with Gasteiger partial charge in [0, 0.05) is 30.0 Å². The van der Waals surface area contributed by atoms with Crippen molar-refractivity contribution in [2.75, 3.05) is 4.90 Å². The molecule has 1 aliphatic heterocycles. The van der Waals surface area contributed by atoms with Crippen molar-refractivity contribution in [3.05, 3.63) is 107 Å². The average molecular weight is 460 g/mol. The van der Waals surface area contributed by atoms with E-state index in [1.54, 1.807) is 6.20 Å². The fourth-order valence-corrected chi connectivity index (χ4v) is 4.64.